The van der Waals surface area contributed by atoms with E-state index in [9.17, 15) is 26.4 Å². The Morgan fingerprint density at radius 3 is 2.55 bits per heavy atom. The van der Waals surface area contributed by atoms with E-state index >= 15 is 0 Å². The average Bonchev–Trinajstić information content (AvgIpc) is 2.87. The number of para-hydroxylation sites is 1. The van der Waals surface area contributed by atoms with Crippen LogP contribution >= 0.6 is 0 Å². The maximum Gasteiger partial charge on any atom is 0.418 e. The van der Waals surface area contributed by atoms with E-state index in [-0.39, 0.29) is 18.7 Å². The van der Waals surface area contributed by atoms with Gasteiger partial charge in [0.2, 0.25) is 15.9 Å². The lowest BCUT2D eigenvalue weighted by atomic mass is 10.1. The van der Waals surface area contributed by atoms with Crippen molar-refractivity contribution in [2.24, 2.45) is 0 Å². The summed E-state index contributed by atoms with van der Waals surface area (Å²) in [6.45, 7) is 0.192. The fourth-order valence-corrected chi connectivity index (χ4v) is 3.58. The molecule has 0 bridgehead atoms. The van der Waals surface area contributed by atoms with Crippen molar-refractivity contribution in [1.82, 2.24) is 4.31 Å². The van der Waals surface area contributed by atoms with Crippen LogP contribution in [0.15, 0.2) is 24.3 Å². The third kappa shape index (κ3) is 3.58. The first-order valence-electron chi connectivity index (χ1n) is 6.54. The Kier molecular flexibility index (Phi) is 4.48. The van der Waals surface area contributed by atoms with E-state index in [2.05, 4.69) is 5.32 Å². The molecule has 122 valence electrons. The molecule has 0 spiro atoms. The molecule has 0 saturated carbocycles. The SMILES string of the molecule is CS(=O)(=O)N1CCCC1C(=O)Nc1ccccc1C(F)(F)F. The zero-order valence-corrected chi connectivity index (χ0v) is 12.5. The summed E-state index contributed by atoms with van der Waals surface area (Å²) in [6.07, 6.45) is -2.85. The van der Waals surface area contributed by atoms with Crippen molar-refractivity contribution in [2.75, 3.05) is 18.1 Å². The monoisotopic (exact) mass is 336 g/mol. The van der Waals surface area contributed by atoms with Crippen molar-refractivity contribution in [2.45, 2.75) is 25.1 Å². The smallest absolute Gasteiger partial charge is 0.324 e. The molecular weight excluding hydrogens is 321 g/mol. The summed E-state index contributed by atoms with van der Waals surface area (Å²) >= 11 is 0. The van der Waals surface area contributed by atoms with Gasteiger partial charge in [0.15, 0.2) is 0 Å². The number of halogens is 3. The van der Waals surface area contributed by atoms with Gasteiger partial charge in [0.25, 0.3) is 0 Å². The van der Waals surface area contributed by atoms with E-state index in [1.165, 1.54) is 12.1 Å². The van der Waals surface area contributed by atoms with Gasteiger partial charge < -0.3 is 5.32 Å². The molecule has 1 unspecified atom stereocenters. The number of carbonyl (C=O) groups excluding carboxylic acids is 1. The Balaban J connectivity index is 2.23. The molecule has 1 N–H and O–H groups in total. The lowest BCUT2D eigenvalue weighted by Gasteiger charge is -2.22. The van der Waals surface area contributed by atoms with Gasteiger partial charge in [0.05, 0.1) is 17.5 Å². The van der Waals surface area contributed by atoms with E-state index in [0.29, 0.717) is 6.42 Å². The Hall–Kier alpha value is -1.61. The van der Waals surface area contributed by atoms with Crippen LogP contribution in [-0.4, -0.2) is 37.5 Å². The molecule has 9 heteroatoms. The summed E-state index contributed by atoms with van der Waals surface area (Å²) in [7, 11) is -3.58. The molecule has 1 aromatic rings. The molecule has 1 amide bonds. The van der Waals surface area contributed by atoms with Gasteiger partial charge in [-0.25, -0.2) is 8.42 Å². The van der Waals surface area contributed by atoms with Gasteiger partial charge in [0.1, 0.15) is 6.04 Å². The van der Waals surface area contributed by atoms with E-state index < -0.39 is 33.7 Å². The molecule has 1 aliphatic heterocycles. The van der Waals surface area contributed by atoms with Crippen molar-refractivity contribution in [3.63, 3.8) is 0 Å². The number of nitrogens with one attached hydrogen (secondary N) is 1. The molecule has 1 saturated heterocycles. The number of hydrogen-bond donors (Lipinski definition) is 1. The molecule has 1 aliphatic rings. The second-order valence-corrected chi connectivity index (χ2v) is 7.00. The summed E-state index contributed by atoms with van der Waals surface area (Å²) < 4.78 is 62.9. The first-order valence-corrected chi connectivity index (χ1v) is 8.39. The highest BCUT2D eigenvalue weighted by molar-refractivity contribution is 7.88. The topological polar surface area (TPSA) is 66.5 Å². The normalized spacial score (nSPS) is 20.1. The number of sulfonamides is 1. The zero-order chi connectivity index (χ0) is 16.5. The zero-order valence-electron chi connectivity index (χ0n) is 11.7. The van der Waals surface area contributed by atoms with Crippen LogP contribution in [-0.2, 0) is 21.0 Å². The first kappa shape index (κ1) is 16.8. The number of amides is 1. The van der Waals surface area contributed by atoms with Crippen LogP contribution in [0.3, 0.4) is 0 Å². The van der Waals surface area contributed by atoms with E-state index in [0.717, 1.165) is 22.7 Å². The minimum absolute atomic E-state index is 0.192. The molecule has 1 fully saturated rings. The van der Waals surface area contributed by atoms with Gasteiger partial charge in [-0.15, -0.1) is 0 Å². The number of nitrogens with zero attached hydrogens (tertiary/aromatic N) is 1. The maximum absolute atomic E-state index is 12.9. The third-order valence-corrected chi connectivity index (χ3v) is 4.71. The minimum atomic E-state index is -4.60. The van der Waals surface area contributed by atoms with E-state index in [4.69, 9.17) is 0 Å². The van der Waals surface area contributed by atoms with Crippen molar-refractivity contribution >= 4 is 21.6 Å². The van der Waals surface area contributed by atoms with Gasteiger partial charge in [-0.1, -0.05) is 12.1 Å². The molecule has 0 aromatic heterocycles. The summed E-state index contributed by atoms with van der Waals surface area (Å²) in [6, 6.07) is 3.61. The van der Waals surface area contributed by atoms with Crippen LogP contribution in [0, 0.1) is 0 Å². The predicted molar refractivity (Wildman–Crippen MR) is 74.6 cm³/mol. The van der Waals surface area contributed by atoms with Crippen LogP contribution < -0.4 is 5.32 Å². The number of anilines is 1. The molecule has 5 nitrogen and oxygen atoms in total. The van der Waals surface area contributed by atoms with Crippen LogP contribution in [0.4, 0.5) is 18.9 Å². The summed E-state index contributed by atoms with van der Waals surface area (Å²) in [4.78, 5) is 12.2. The fourth-order valence-electron chi connectivity index (χ4n) is 2.45. The summed E-state index contributed by atoms with van der Waals surface area (Å²) in [5, 5.41) is 2.20. The van der Waals surface area contributed by atoms with Crippen molar-refractivity contribution < 1.29 is 26.4 Å². The van der Waals surface area contributed by atoms with E-state index in [1.54, 1.807) is 0 Å². The molecule has 22 heavy (non-hydrogen) atoms. The second kappa shape index (κ2) is 5.88. The number of alkyl halides is 3. The molecule has 1 aromatic carbocycles. The Bertz CT molecular complexity index is 673. The number of rotatable bonds is 3. The van der Waals surface area contributed by atoms with Crippen LogP contribution in [0.2, 0.25) is 0 Å². The van der Waals surface area contributed by atoms with Gasteiger partial charge in [0, 0.05) is 6.54 Å². The van der Waals surface area contributed by atoms with Crippen LogP contribution in [0.25, 0.3) is 0 Å². The molecule has 0 radical (unpaired) electrons. The molecule has 2 rings (SSSR count). The quantitative estimate of drug-likeness (QED) is 0.919. The van der Waals surface area contributed by atoms with E-state index in [1.807, 2.05) is 0 Å². The summed E-state index contributed by atoms with van der Waals surface area (Å²) in [5.41, 5.74) is -1.34. The highest BCUT2D eigenvalue weighted by Crippen LogP contribution is 2.35. The molecular formula is C13H15F3N2O3S. The molecule has 1 atom stereocenters. The number of hydrogen-bond acceptors (Lipinski definition) is 3. The summed E-state index contributed by atoms with van der Waals surface area (Å²) in [5.74, 6) is -0.750. The van der Waals surface area contributed by atoms with Crippen LogP contribution in [0.5, 0.6) is 0 Å². The fraction of sp³-hybridized carbons (Fsp3) is 0.462. The molecule has 1 heterocycles. The average molecular weight is 336 g/mol. The van der Waals surface area contributed by atoms with Crippen molar-refractivity contribution in [1.29, 1.82) is 0 Å². The van der Waals surface area contributed by atoms with Crippen molar-refractivity contribution in [3.8, 4) is 0 Å². The van der Waals surface area contributed by atoms with Gasteiger partial charge in [-0.2, -0.15) is 17.5 Å². The van der Waals surface area contributed by atoms with Gasteiger partial charge in [-0.3, -0.25) is 4.79 Å². The van der Waals surface area contributed by atoms with Gasteiger partial charge in [-0.05, 0) is 25.0 Å². The third-order valence-electron chi connectivity index (χ3n) is 3.42. The Morgan fingerprint density at radius 1 is 1.32 bits per heavy atom. The largest absolute Gasteiger partial charge is 0.418 e. The highest BCUT2D eigenvalue weighted by atomic mass is 32.2. The van der Waals surface area contributed by atoms with Crippen LogP contribution in [0.1, 0.15) is 18.4 Å². The lowest BCUT2D eigenvalue weighted by molar-refractivity contribution is -0.137. The first-order chi connectivity index (χ1) is 10.1. The standard InChI is InChI=1S/C13H15F3N2O3S/c1-22(20,21)18-8-4-7-11(18)12(19)17-10-6-3-2-5-9(10)13(14,15)16/h2-3,5-6,11H,4,7-8H2,1H3,(H,17,19). The lowest BCUT2D eigenvalue weighted by Crippen LogP contribution is -2.42. The minimum Gasteiger partial charge on any atom is -0.324 e. The molecule has 0 aliphatic carbocycles. The maximum atomic E-state index is 12.9. The highest BCUT2D eigenvalue weighted by Gasteiger charge is 2.38. The number of carbonyl (C=O) groups is 1. The Labute approximate surface area is 126 Å². The van der Waals surface area contributed by atoms with Gasteiger partial charge >= 0.3 is 6.18 Å². The van der Waals surface area contributed by atoms with Crippen molar-refractivity contribution in [3.05, 3.63) is 29.8 Å². The Morgan fingerprint density at radius 2 is 1.95 bits per heavy atom. The second-order valence-electron chi connectivity index (χ2n) is 5.06. The number of benzene rings is 1. The predicted octanol–water partition coefficient (Wildman–Crippen LogP) is 2.07.